The quantitative estimate of drug-likeness (QED) is 0.428. The number of hydrogen-bond acceptors (Lipinski definition) is 2. The lowest BCUT2D eigenvalue weighted by Gasteiger charge is -1.98. The Morgan fingerprint density at radius 2 is 2.20 bits per heavy atom. The zero-order chi connectivity index (χ0) is 7.66. The van der Waals surface area contributed by atoms with Crippen LogP contribution in [0.5, 0.6) is 0 Å². The highest BCUT2D eigenvalue weighted by Crippen LogP contribution is 1.79. The lowest BCUT2D eigenvalue weighted by Crippen LogP contribution is -2.16. The summed E-state index contributed by atoms with van der Waals surface area (Å²) in [5.41, 5.74) is 0. The van der Waals surface area contributed by atoms with E-state index < -0.39 is 0 Å². The second-order valence-electron chi connectivity index (χ2n) is 2.18. The molecule has 0 amide bonds. The Morgan fingerprint density at radius 1 is 1.40 bits per heavy atom. The maximum absolute atomic E-state index is 8.41. The number of aliphatic hydroxyl groups is 1. The highest BCUT2D eigenvalue weighted by Gasteiger charge is 1.82. The van der Waals surface area contributed by atoms with Crippen LogP contribution in [0.3, 0.4) is 0 Å². The normalized spacial score (nSPS) is 11.0. The fraction of sp³-hybridized carbons (Fsp3) is 0.750. The van der Waals surface area contributed by atoms with E-state index in [1.165, 1.54) is 0 Å². The Hall–Kier alpha value is -0.340. The summed E-state index contributed by atoms with van der Waals surface area (Å²) < 4.78 is 0. The van der Waals surface area contributed by atoms with E-state index in [0.717, 1.165) is 25.9 Å². The SMILES string of the molecule is C/C=C/CCNCCCO. The van der Waals surface area contributed by atoms with Crippen LogP contribution in [-0.4, -0.2) is 24.8 Å². The Morgan fingerprint density at radius 3 is 2.80 bits per heavy atom. The van der Waals surface area contributed by atoms with Crippen molar-refractivity contribution in [1.82, 2.24) is 5.32 Å². The number of allylic oxidation sites excluding steroid dienone is 1. The maximum atomic E-state index is 8.41. The van der Waals surface area contributed by atoms with Gasteiger partial charge in [-0.05, 0) is 32.9 Å². The fourth-order valence-electron chi connectivity index (χ4n) is 0.681. The van der Waals surface area contributed by atoms with E-state index in [1.807, 2.05) is 13.0 Å². The molecule has 0 heterocycles. The number of rotatable bonds is 6. The molecule has 10 heavy (non-hydrogen) atoms. The van der Waals surface area contributed by atoms with Crippen molar-refractivity contribution in [2.24, 2.45) is 0 Å². The minimum atomic E-state index is 0.288. The van der Waals surface area contributed by atoms with Crippen LogP contribution < -0.4 is 5.32 Å². The zero-order valence-electron chi connectivity index (χ0n) is 6.64. The van der Waals surface area contributed by atoms with E-state index in [2.05, 4.69) is 11.4 Å². The first-order chi connectivity index (χ1) is 4.91. The van der Waals surface area contributed by atoms with Gasteiger partial charge in [0.05, 0.1) is 0 Å². The monoisotopic (exact) mass is 143 g/mol. The molecule has 0 bridgehead atoms. The molecule has 2 N–H and O–H groups in total. The van der Waals surface area contributed by atoms with Crippen molar-refractivity contribution < 1.29 is 5.11 Å². The van der Waals surface area contributed by atoms with E-state index in [-0.39, 0.29) is 6.61 Å². The minimum absolute atomic E-state index is 0.288. The molecule has 0 unspecified atom stereocenters. The third-order valence-electron chi connectivity index (χ3n) is 1.24. The maximum Gasteiger partial charge on any atom is 0.0443 e. The molecule has 0 spiro atoms. The summed E-state index contributed by atoms with van der Waals surface area (Å²) in [5.74, 6) is 0. The highest BCUT2D eigenvalue weighted by molar-refractivity contribution is 4.77. The van der Waals surface area contributed by atoms with E-state index >= 15 is 0 Å². The summed E-state index contributed by atoms with van der Waals surface area (Å²) in [7, 11) is 0. The summed E-state index contributed by atoms with van der Waals surface area (Å²) in [6.07, 6.45) is 6.12. The van der Waals surface area contributed by atoms with Gasteiger partial charge in [-0.2, -0.15) is 0 Å². The molecule has 0 fully saturated rings. The lowest BCUT2D eigenvalue weighted by atomic mass is 10.3. The lowest BCUT2D eigenvalue weighted by molar-refractivity contribution is 0.286. The van der Waals surface area contributed by atoms with Gasteiger partial charge in [0, 0.05) is 6.61 Å². The van der Waals surface area contributed by atoms with Gasteiger partial charge in [-0.25, -0.2) is 0 Å². The van der Waals surface area contributed by atoms with Gasteiger partial charge in [0.25, 0.3) is 0 Å². The minimum Gasteiger partial charge on any atom is -0.396 e. The van der Waals surface area contributed by atoms with Crippen LogP contribution in [0.1, 0.15) is 19.8 Å². The third-order valence-corrected chi connectivity index (χ3v) is 1.24. The van der Waals surface area contributed by atoms with Crippen molar-refractivity contribution in [1.29, 1.82) is 0 Å². The molecule has 0 aromatic carbocycles. The Labute approximate surface area is 62.9 Å². The van der Waals surface area contributed by atoms with Gasteiger partial charge in [-0.1, -0.05) is 12.2 Å². The van der Waals surface area contributed by atoms with Gasteiger partial charge >= 0.3 is 0 Å². The molecule has 0 radical (unpaired) electrons. The van der Waals surface area contributed by atoms with Crippen LogP contribution >= 0.6 is 0 Å². The van der Waals surface area contributed by atoms with Crippen molar-refractivity contribution in [2.75, 3.05) is 19.7 Å². The molecule has 0 atom stereocenters. The van der Waals surface area contributed by atoms with Crippen LogP contribution in [0.15, 0.2) is 12.2 Å². The summed E-state index contributed by atoms with van der Waals surface area (Å²) in [5, 5.41) is 11.6. The van der Waals surface area contributed by atoms with Gasteiger partial charge < -0.3 is 10.4 Å². The van der Waals surface area contributed by atoms with Gasteiger partial charge in [0.2, 0.25) is 0 Å². The summed E-state index contributed by atoms with van der Waals surface area (Å²) >= 11 is 0. The Balaban J connectivity index is 2.77. The molecule has 2 nitrogen and oxygen atoms in total. The first-order valence-electron chi connectivity index (χ1n) is 3.84. The van der Waals surface area contributed by atoms with Crippen LogP contribution in [0.2, 0.25) is 0 Å². The second kappa shape index (κ2) is 8.66. The molecule has 0 rings (SSSR count). The van der Waals surface area contributed by atoms with Crippen LogP contribution in [0, 0.1) is 0 Å². The van der Waals surface area contributed by atoms with Gasteiger partial charge in [-0.15, -0.1) is 0 Å². The van der Waals surface area contributed by atoms with Gasteiger partial charge in [0.1, 0.15) is 0 Å². The van der Waals surface area contributed by atoms with E-state index in [4.69, 9.17) is 5.11 Å². The Bertz CT molecular complexity index is 81.3. The molecule has 2 heteroatoms. The highest BCUT2D eigenvalue weighted by atomic mass is 16.3. The summed E-state index contributed by atoms with van der Waals surface area (Å²) in [4.78, 5) is 0. The van der Waals surface area contributed by atoms with Crippen LogP contribution in [0.25, 0.3) is 0 Å². The number of nitrogens with one attached hydrogen (secondary N) is 1. The first kappa shape index (κ1) is 9.66. The molecule has 0 saturated heterocycles. The molecule has 0 aromatic heterocycles. The summed E-state index contributed by atoms with van der Waals surface area (Å²) in [6, 6.07) is 0. The van der Waals surface area contributed by atoms with Crippen molar-refractivity contribution in [3.8, 4) is 0 Å². The van der Waals surface area contributed by atoms with Crippen LogP contribution in [-0.2, 0) is 0 Å². The van der Waals surface area contributed by atoms with E-state index in [9.17, 15) is 0 Å². The zero-order valence-corrected chi connectivity index (χ0v) is 6.64. The van der Waals surface area contributed by atoms with Crippen molar-refractivity contribution in [2.45, 2.75) is 19.8 Å². The Kier molecular flexibility index (Phi) is 8.37. The smallest absolute Gasteiger partial charge is 0.0443 e. The summed E-state index contributed by atoms with van der Waals surface area (Å²) in [6.45, 7) is 4.25. The third kappa shape index (κ3) is 7.66. The average Bonchev–Trinajstić information content (AvgIpc) is 1.97. The number of hydrogen-bond donors (Lipinski definition) is 2. The molecule has 0 saturated carbocycles. The van der Waals surface area contributed by atoms with Gasteiger partial charge in [0.15, 0.2) is 0 Å². The second-order valence-corrected chi connectivity index (χ2v) is 2.18. The molecule has 0 aliphatic heterocycles. The fourth-order valence-corrected chi connectivity index (χ4v) is 0.681. The van der Waals surface area contributed by atoms with Gasteiger partial charge in [-0.3, -0.25) is 0 Å². The van der Waals surface area contributed by atoms with Crippen molar-refractivity contribution >= 4 is 0 Å². The van der Waals surface area contributed by atoms with E-state index in [1.54, 1.807) is 0 Å². The van der Waals surface area contributed by atoms with Crippen LogP contribution in [0.4, 0.5) is 0 Å². The topological polar surface area (TPSA) is 32.3 Å². The molecule has 0 aromatic rings. The molecule has 0 aliphatic rings. The predicted molar refractivity (Wildman–Crippen MR) is 44.0 cm³/mol. The number of aliphatic hydroxyl groups excluding tert-OH is 1. The van der Waals surface area contributed by atoms with E-state index in [0.29, 0.717) is 0 Å². The molecular formula is C8H17NO. The predicted octanol–water partition coefficient (Wildman–Crippen LogP) is 0.925. The largest absolute Gasteiger partial charge is 0.396 e. The standard InChI is InChI=1S/C8H17NO/c1-2-3-4-6-9-7-5-8-10/h2-3,9-10H,4-8H2,1H3/b3-2+. The van der Waals surface area contributed by atoms with Crippen molar-refractivity contribution in [3.05, 3.63) is 12.2 Å². The first-order valence-corrected chi connectivity index (χ1v) is 3.84. The molecule has 0 aliphatic carbocycles. The van der Waals surface area contributed by atoms with Crippen molar-refractivity contribution in [3.63, 3.8) is 0 Å². The average molecular weight is 143 g/mol. The molecular weight excluding hydrogens is 126 g/mol. The molecule has 60 valence electrons.